The van der Waals surface area contributed by atoms with Crippen LogP contribution in [0.15, 0.2) is 0 Å². The van der Waals surface area contributed by atoms with Gasteiger partial charge in [-0.25, -0.2) is 0 Å². The fraction of sp³-hybridized carbons (Fsp3) is 0.643. The molecule has 0 saturated carbocycles. The molecule has 1 fully saturated rings. The number of nitrogens with zero attached hydrogens (tertiary/aromatic N) is 3. The number of nitrogens with one attached hydrogen (secondary N) is 1. The molecule has 1 aromatic rings. The fourth-order valence-electron chi connectivity index (χ4n) is 2.38. The first-order valence-electron chi connectivity index (χ1n) is 7.33. The molecule has 7 heteroatoms. The van der Waals surface area contributed by atoms with Crippen molar-refractivity contribution in [3.05, 3.63) is 16.4 Å². The van der Waals surface area contributed by atoms with Crippen molar-refractivity contribution < 1.29 is 9.59 Å². The van der Waals surface area contributed by atoms with Crippen molar-refractivity contribution in [2.75, 3.05) is 19.6 Å². The van der Waals surface area contributed by atoms with E-state index in [1.807, 2.05) is 0 Å². The Morgan fingerprint density at radius 1 is 1.43 bits per heavy atom. The molecule has 0 aromatic carbocycles. The van der Waals surface area contributed by atoms with Gasteiger partial charge in [-0.1, -0.05) is 24.9 Å². The van der Waals surface area contributed by atoms with Crippen molar-refractivity contribution in [1.82, 2.24) is 20.0 Å². The Kier molecular flexibility index (Phi) is 5.22. The molecule has 0 bridgehead atoms. The molecule has 1 aliphatic rings. The van der Waals surface area contributed by atoms with Gasteiger partial charge in [-0.05, 0) is 13.3 Å². The van der Waals surface area contributed by atoms with Gasteiger partial charge in [0.25, 0.3) is 5.91 Å². The van der Waals surface area contributed by atoms with E-state index in [9.17, 15) is 9.59 Å². The van der Waals surface area contributed by atoms with Gasteiger partial charge in [-0.15, -0.1) is 0 Å². The Morgan fingerprint density at radius 2 is 2.19 bits per heavy atom. The van der Waals surface area contributed by atoms with Crippen LogP contribution in [0.5, 0.6) is 0 Å². The third-order valence-electron chi connectivity index (χ3n) is 3.60. The zero-order valence-electron chi connectivity index (χ0n) is 12.5. The molecule has 2 amide bonds. The van der Waals surface area contributed by atoms with E-state index in [0.29, 0.717) is 49.0 Å². The predicted molar refractivity (Wildman–Crippen MR) is 80.4 cm³/mol. The standard InChI is InChI=1S/C14H21ClN4O2/c1-3-4-7-19-13(15)12(10(2)17-19)14(21)18-8-5-11(20)16-6-9-18/h3-9H2,1-2H3,(H,16,20). The predicted octanol–water partition coefficient (Wildman–Crippen LogP) is 1.61. The smallest absolute Gasteiger partial charge is 0.258 e. The molecule has 2 rings (SSSR count). The molecule has 1 saturated heterocycles. The third kappa shape index (κ3) is 3.56. The average molecular weight is 313 g/mol. The first kappa shape index (κ1) is 15.8. The summed E-state index contributed by atoms with van der Waals surface area (Å²) >= 11 is 6.32. The van der Waals surface area contributed by atoms with Crippen molar-refractivity contribution >= 4 is 23.4 Å². The highest BCUT2D eigenvalue weighted by atomic mass is 35.5. The number of halogens is 1. The van der Waals surface area contributed by atoms with E-state index in [2.05, 4.69) is 17.3 Å². The van der Waals surface area contributed by atoms with Crippen molar-refractivity contribution in [3.63, 3.8) is 0 Å². The summed E-state index contributed by atoms with van der Waals surface area (Å²) in [6.07, 6.45) is 2.33. The summed E-state index contributed by atoms with van der Waals surface area (Å²) in [5, 5.41) is 7.51. The second-order valence-electron chi connectivity index (χ2n) is 5.22. The number of aromatic nitrogens is 2. The molecule has 1 N–H and O–H groups in total. The minimum absolute atomic E-state index is 0.0215. The van der Waals surface area contributed by atoms with Gasteiger partial charge in [0.05, 0.1) is 11.3 Å². The molecule has 0 unspecified atom stereocenters. The maximum absolute atomic E-state index is 12.6. The normalized spacial score (nSPS) is 15.8. The molecule has 1 aromatic heterocycles. The van der Waals surface area contributed by atoms with Crippen molar-refractivity contribution in [2.45, 2.75) is 39.7 Å². The summed E-state index contributed by atoms with van der Waals surface area (Å²) in [4.78, 5) is 25.7. The molecular formula is C14H21ClN4O2. The number of amides is 2. The van der Waals surface area contributed by atoms with Gasteiger partial charge < -0.3 is 10.2 Å². The van der Waals surface area contributed by atoms with E-state index in [0.717, 1.165) is 12.8 Å². The van der Waals surface area contributed by atoms with E-state index in [1.54, 1.807) is 16.5 Å². The molecule has 21 heavy (non-hydrogen) atoms. The van der Waals surface area contributed by atoms with Crippen LogP contribution in [0.4, 0.5) is 0 Å². The van der Waals surface area contributed by atoms with Crippen LogP contribution in [-0.4, -0.2) is 46.1 Å². The molecule has 1 aliphatic heterocycles. The van der Waals surface area contributed by atoms with Crippen LogP contribution >= 0.6 is 11.6 Å². The van der Waals surface area contributed by atoms with Crippen LogP contribution in [0.25, 0.3) is 0 Å². The summed E-state index contributed by atoms with van der Waals surface area (Å²) < 4.78 is 1.69. The maximum atomic E-state index is 12.6. The Bertz CT molecular complexity index is 541. The van der Waals surface area contributed by atoms with Crippen LogP contribution in [-0.2, 0) is 11.3 Å². The largest absolute Gasteiger partial charge is 0.354 e. The Hall–Kier alpha value is -1.56. The van der Waals surface area contributed by atoms with Gasteiger partial charge in [-0.3, -0.25) is 14.3 Å². The van der Waals surface area contributed by atoms with Gasteiger partial charge in [0, 0.05) is 32.6 Å². The Balaban J connectivity index is 2.18. The van der Waals surface area contributed by atoms with E-state index < -0.39 is 0 Å². The lowest BCUT2D eigenvalue weighted by molar-refractivity contribution is -0.120. The van der Waals surface area contributed by atoms with E-state index >= 15 is 0 Å². The first-order valence-corrected chi connectivity index (χ1v) is 7.71. The summed E-state index contributed by atoms with van der Waals surface area (Å²) in [6.45, 7) is 6.00. The van der Waals surface area contributed by atoms with Gasteiger partial charge in [0.1, 0.15) is 5.15 Å². The van der Waals surface area contributed by atoms with E-state index in [1.165, 1.54) is 0 Å². The quantitative estimate of drug-likeness (QED) is 0.918. The Morgan fingerprint density at radius 3 is 2.90 bits per heavy atom. The van der Waals surface area contributed by atoms with Crippen molar-refractivity contribution in [3.8, 4) is 0 Å². The molecule has 0 atom stereocenters. The number of carbonyl (C=O) groups excluding carboxylic acids is 2. The highest BCUT2D eigenvalue weighted by molar-refractivity contribution is 6.33. The summed E-state index contributed by atoms with van der Waals surface area (Å²) in [5.41, 5.74) is 1.10. The van der Waals surface area contributed by atoms with Gasteiger partial charge in [0.2, 0.25) is 5.91 Å². The second-order valence-corrected chi connectivity index (χ2v) is 5.58. The van der Waals surface area contributed by atoms with Crippen molar-refractivity contribution in [1.29, 1.82) is 0 Å². The lowest BCUT2D eigenvalue weighted by Gasteiger charge is -2.19. The minimum atomic E-state index is -0.142. The topological polar surface area (TPSA) is 67.2 Å². The highest BCUT2D eigenvalue weighted by Crippen LogP contribution is 2.22. The van der Waals surface area contributed by atoms with Crippen LogP contribution in [0.2, 0.25) is 5.15 Å². The third-order valence-corrected chi connectivity index (χ3v) is 3.99. The van der Waals surface area contributed by atoms with Crippen LogP contribution in [0.1, 0.15) is 42.2 Å². The number of carbonyl (C=O) groups is 2. The number of hydrogen-bond acceptors (Lipinski definition) is 3. The van der Waals surface area contributed by atoms with Gasteiger partial charge in [-0.2, -0.15) is 5.10 Å². The lowest BCUT2D eigenvalue weighted by Crippen LogP contribution is -2.34. The first-order chi connectivity index (χ1) is 10.0. The molecule has 0 spiro atoms. The summed E-state index contributed by atoms with van der Waals surface area (Å²) in [5.74, 6) is -0.163. The van der Waals surface area contributed by atoms with Gasteiger partial charge >= 0.3 is 0 Å². The number of rotatable bonds is 4. The second kappa shape index (κ2) is 6.93. The SMILES string of the molecule is CCCCn1nc(C)c(C(=O)N2CCNC(=O)CC2)c1Cl. The maximum Gasteiger partial charge on any atom is 0.258 e. The number of hydrogen-bond donors (Lipinski definition) is 1. The minimum Gasteiger partial charge on any atom is -0.354 e. The molecular weight excluding hydrogens is 292 g/mol. The number of aryl methyl sites for hydroxylation is 2. The number of unbranched alkanes of at least 4 members (excludes halogenated alkanes) is 1. The van der Waals surface area contributed by atoms with E-state index in [-0.39, 0.29) is 11.8 Å². The fourth-order valence-corrected chi connectivity index (χ4v) is 2.72. The highest BCUT2D eigenvalue weighted by Gasteiger charge is 2.26. The molecule has 0 radical (unpaired) electrons. The molecule has 2 heterocycles. The van der Waals surface area contributed by atoms with Crippen LogP contribution in [0.3, 0.4) is 0 Å². The van der Waals surface area contributed by atoms with E-state index in [4.69, 9.17) is 11.6 Å². The average Bonchev–Trinajstić information content (AvgIpc) is 2.62. The van der Waals surface area contributed by atoms with Crippen LogP contribution < -0.4 is 5.32 Å². The molecule has 6 nitrogen and oxygen atoms in total. The van der Waals surface area contributed by atoms with Crippen molar-refractivity contribution in [2.24, 2.45) is 0 Å². The molecule has 0 aliphatic carbocycles. The Labute approximate surface area is 129 Å². The zero-order valence-corrected chi connectivity index (χ0v) is 13.2. The monoisotopic (exact) mass is 312 g/mol. The summed E-state index contributed by atoms with van der Waals surface area (Å²) in [6, 6.07) is 0. The zero-order chi connectivity index (χ0) is 15.4. The van der Waals surface area contributed by atoms with Gasteiger partial charge in [0.15, 0.2) is 0 Å². The summed E-state index contributed by atoms with van der Waals surface area (Å²) in [7, 11) is 0. The van der Waals surface area contributed by atoms with Crippen LogP contribution in [0, 0.1) is 6.92 Å². The molecule has 116 valence electrons. The lowest BCUT2D eigenvalue weighted by atomic mass is 10.2.